The standard InChI is InChI=1S/C12H19NO2/c14-10(15)9-7-13-8-12(9)6-2-5-11(12)3-1-4-11/h9,13H,1-8H2,(H,14,15). The fraction of sp³-hybridized carbons (Fsp3) is 0.917. The topological polar surface area (TPSA) is 49.3 Å². The maximum Gasteiger partial charge on any atom is 0.308 e. The van der Waals surface area contributed by atoms with Crippen molar-refractivity contribution in [3.8, 4) is 0 Å². The predicted octanol–water partition coefficient (Wildman–Crippen LogP) is 1.63. The Kier molecular flexibility index (Phi) is 1.91. The van der Waals surface area contributed by atoms with Crippen LogP contribution in [-0.2, 0) is 4.79 Å². The van der Waals surface area contributed by atoms with Crippen LogP contribution in [0.5, 0.6) is 0 Å². The van der Waals surface area contributed by atoms with Gasteiger partial charge in [0.25, 0.3) is 0 Å². The Morgan fingerprint density at radius 3 is 2.47 bits per heavy atom. The average Bonchev–Trinajstić information content (AvgIpc) is 2.70. The van der Waals surface area contributed by atoms with E-state index in [2.05, 4.69) is 5.32 Å². The minimum atomic E-state index is -0.576. The third-order valence-electron chi connectivity index (χ3n) is 5.40. The van der Waals surface area contributed by atoms with Gasteiger partial charge in [0.1, 0.15) is 0 Å². The summed E-state index contributed by atoms with van der Waals surface area (Å²) in [5, 5.41) is 12.7. The molecule has 3 nitrogen and oxygen atoms in total. The first-order chi connectivity index (χ1) is 7.20. The second kappa shape index (κ2) is 2.97. The third-order valence-corrected chi connectivity index (χ3v) is 5.40. The van der Waals surface area contributed by atoms with Crippen LogP contribution in [0.3, 0.4) is 0 Å². The molecule has 0 bridgehead atoms. The van der Waals surface area contributed by atoms with Gasteiger partial charge in [-0.25, -0.2) is 0 Å². The lowest BCUT2D eigenvalue weighted by Gasteiger charge is -2.52. The Balaban J connectivity index is 1.97. The fourth-order valence-electron chi connectivity index (χ4n) is 4.51. The lowest BCUT2D eigenvalue weighted by molar-refractivity contribution is -0.150. The summed E-state index contributed by atoms with van der Waals surface area (Å²) in [6, 6.07) is 0. The molecule has 84 valence electrons. The van der Waals surface area contributed by atoms with E-state index in [1.807, 2.05) is 0 Å². The van der Waals surface area contributed by atoms with E-state index in [1.165, 1.54) is 32.1 Å². The Hall–Kier alpha value is -0.570. The van der Waals surface area contributed by atoms with Crippen LogP contribution < -0.4 is 5.32 Å². The summed E-state index contributed by atoms with van der Waals surface area (Å²) in [7, 11) is 0. The minimum absolute atomic E-state index is 0.108. The molecule has 0 aromatic carbocycles. The van der Waals surface area contributed by atoms with Crippen LogP contribution in [0, 0.1) is 16.7 Å². The first kappa shape index (κ1) is 9.64. The Morgan fingerprint density at radius 1 is 1.20 bits per heavy atom. The molecule has 0 amide bonds. The van der Waals surface area contributed by atoms with Crippen molar-refractivity contribution in [2.75, 3.05) is 13.1 Å². The van der Waals surface area contributed by atoms with Crippen molar-refractivity contribution in [3.05, 3.63) is 0 Å². The molecule has 0 aromatic rings. The molecule has 3 fully saturated rings. The number of carbonyl (C=O) groups is 1. The van der Waals surface area contributed by atoms with Crippen molar-refractivity contribution in [3.63, 3.8) is 0 Å². The average molecular weight is 209 g/mol. The molecule has 2 aliphatic carbocycles. The largest absolute Gasteiger partial charge is 0.481 e. The maximum atomic E-state index is 11.4. The molecule has 3 heteroatoms. The van der Waals surface area contributed by atoms with Crippen molar-refractivity contribution in [1.29, 1.82) is 0 Å². The van der Waals surface area contributed by atoms with Gasteiger partial charge in [-0.2, -0.15) is 0 Å². The van der Waals surface area contributed by atoms with Gasteiger partial charge in [-0.05, 0) is 31.1 Å². The monoisotopic (exact) mass is 209 g/mol. The van der Waals surface area contributed by atoms with Crippen molar-refractivity contribution < 1.29 is 9.90 Å². The van der Waals surface area contributed by atoms with E-state index >= 15 is 0 Å². The van der Waals surface area contributed by atoms with Crippen LogP contribution in [0.4, 0.5) is 0 Å². The van der Waals surface area contributed by atoms with E-state index in [-0.39, 0.29) is 11.3 Å². The molecule has 2 unspecified atom stereocenters. The maximum absolute atomic E-state index is 11.4. The van der Waals surface area contributed by atoms with E-state index in [0.717, 1.165) is 13.0 Å². The summed E-state index contributed by atoms with van der Waals surface area (Å²) < 4.78 is 0. The van der Waals surface area contributed by atoms with Crippen molar-refractivity contribution in [1.82, 2.24) is 5.32 Å². The lowest BCUT2D eigenvalue weighted by Crippen LogP contribution is -2.49. The summed E-state index contributed by atoms with van der Waals surface area (Å²) in [4.78, 5) is 11.4. The Morgan fingerprint density at radius 2 is 1.87 bits per heavy atom. The van der Waals surface area contributed by atoms with Gasteiger partial charge in [-0.15, -0.1) is 0 Å². The van der Waals surface area contributed by atoms with E-state index in [9.17, 15) is 9.90 Å². The molecular formula is C12H19NO2. The molecule has 2 spiro atoms. The highest BCUT2D eigenvalue weighted by atomic mass is 16.4. The number of carboxylic acids is 1. The van der Waals surface area contributed by atoms with Crippen LogP contribution in [-0.4, -0.2) is 24.2 Å². The number of carboxylic acid groups (broad SMARTS) is 1. The summed E-state index contributed by atoms with van der Waals surface area (Å²) in [6.07, 6.45) is 7.52. The quantitative estimate of drug-likeness (QED) is 0.690. The van der Waals surface area contributed by atoms with Gasteiger partial charge in [-0.1, -0.05) is 12.8 Å². The summed E-state index contributed by atoms with van der Waals surface area (Å²) in [5.74, 6) is -0.700. The molecule has 1 saturated heterocycles. The van der Waals surface area contributed by atoms with Crippen LogP contribution in [0.15, 0.2) is 0 Å². The van der Waals surface area contributed by atoms with Crippen molar-refractivity contribution in [2.45, 2.75) is 38.5 Å². The summed E-state index contributed by atoms with van der Waals surface area (Å²) in [6.45, 7) is 1.64. The number of aliphatic carboxylic acids is 1. The molecular weight excluding hydrogens is 190 g/mol. The fourth-order valence-corrected chi connectivity index (χ4v) is 4.51. The first-order valence-corrected chi connectivity index (χ1v) is 6.14. The highest BCUT2D eigenvalue weighted by Crippen LogP contribution is 2.67. The lowest BCUT2D eigenvalue weighted by atomic mass is 9.51. The first-order valence-electron chi connectivity index (χ1n) is 6.14. The SMILES string of the molecule is O=C(O)C1CNCC12CCCC21CCC1. The molecule has 0 aromatic heterocycles. The second-order valence-electron chi connectivity index (χ2n) is 5.67. The molecule has 1 heterocycles. The van der Waals surface area contributed by atoms with Crippen LogP contribution in [0.2, 0.25) is 0 Å². The number of nitrogens with one attached hydrogen (secondary N) is 1. The summed E-state index contributed by atoms with van der Waals surface area (Å²) in [5.41, 5.74) is 0.511. The Labute approximate surface area is 90.2 Å². The minimum Gasteiger partial charge on any atom is -0.481 e. The number of fused-ring (bicyclic) bond motifs is 1. The zero-order valence-corrected chi connectivity index (χ0v) is 9.09. The predicted molar refractivity (Wildman–Crippen MR) is 56.6 cm³/mol. The highest BCUT2D eigenvalue weighted by molar-refractivity contribution is 5.72. The third kappa shape index (κ3) is 1.02. The van der Waals surface area contributed by atoms with Gasteiger partial charge in [0.15, 0.2) is 0 Å². The zero-order chi connectivity index (χ0) is 10.5. The molecule has 3 aliphatic rings. The smallest absolute Gasteiger partial charge is 0.308 e. The van der Waals surface area contributed by atoms with Gasteiger partial charge in [0.2, 0.25) is 0 Å². The molecule has 0 radical (unpaired) electrons. The van der Waals surface area contributed by atoms with E-state index in [0.29, 0.717) is 12.0 Å². The number of rotatable bonds is 1. The summed E-state index contributed by atoms with van der Waals surface area (Å²) >= 11 is 0. The van der Waals surface area contributed by atoms with E-state index < -0.39 is 5.97 Å². The molecule has 2 N–H and O–H groups in total. The van der Waals surface area contributed by atoms with Gasteiger partial charge >= 0.3 is 5.97 Å². The van der Waals surface area contributed by atoms with E-state index in [1.54, 1.807) is 0 Å². The van der Waals surface area contributed by atoms with Crippen LogP contribution in [0.1, 0.15) is 38.5 Å². The highest BCUT2D eigenvalue weighted by Gasteiger charge is 2.63. The van der Waals surface area contributed by atoms with Crippen molar-refractivity contribution >= 4 is 5.97 Å². The zero-order valence-electron chi connectivity index (χ0n) is 9.09. The second-order valence-corrected chi connectivity index (χ2v) is 5.67. The van der Waals surface area contributed by atoms with E-state index in [4.69, 9.17) is 0 Å². The normalized spacial score (nSPS) is 42.3. The molecule has 15 heavy (non-hydrogen) atoms. The molecule has 2 atom stereocenters. The van der Waals surface area contributed by atoms with Gasteiger partial charge < -0.3 is 10.4 Å². The van der Waals surface area contributed by atoms with Crippen LogP contribution >= 0.6 is 0 Å². The Bertz CT molecular complexity index is 294. The number of hydrogen-bond donors (Lipinski definition) is 2. The van der Waals surface area contributed by atoms with Crippen LogP contribution in [0.25, 0.3) is 0 Å². The molecule has 2 saturated carbocycles. The van der Waals surface area contributed by atoms with Crippen molar-refractivity contribution in [2.24, 2.45) is 16.7 Å². The molecule has 3 rings (SSSR count). The number of hydrogen-bond acceptors (Lipinski definition) is 2. The van der Waals surface area contributed by atoms with Gasteiger partial charge in [-0.3, -0.25) is 4.79 Å². The molecule has 1 aliphatic heterocycles. The van der Waals surface area contributed by atoms with Gasteiger partial charge in [0.05, 0.1) is 5.92 Å². The van der Waals surface area contributed by atoms with Gasteiger partial charge in [0, 0.05) is 18.5 Å².